The molecular formula is C22H21Cl2IN4O3S. The van der Waals surface area contributed by atoms with Crippen molar-refractivity contribution in [3.63, 3.8) is 0 Å². The summed E-state index contributed by atoms with van der Waals surface area (Å²) >= 11 is 14.8. The van der Waals surface area contributed by atoms with Crippen molar-refractivity contribution in [2.75, 3.05) is 24.6 Å². The van der Waals surface area contributed by atoms with E-state index in [2.05, 4.69) is 33.1 Å². The van der Waals surface area contributed by atoms with Crippen LogP contribution in [0.25, 0.3) is 16.9 Å². The Balaban J connectivity index is 1.79. The smallest absolute Gasteiger partial charge is 0.283 e. The van der Waals surface area contributed by atoms with Crippen molar-refractivity contribution < 1.29 is 13.2 Å². The van der Waals surface area contributed by atoms with Gasteiger partial charge in [-0.1, -0.05) is 42.3 Å². The molecule has 0 radical (unpaired) electrons. The molecule has 4 rings (SSSR count). The van der Waals surface area contributed by atoms with Gasteiger partial charge in [-0.3, -0.25) is 10.2 Å². The molecule has 1 amide bonds. The van der Waals surface area contributed by atoms with Crippen molar-refractivity contribution in [3.8, 4) is 16.9 Å². The fourth-order valence-electron chi connectivity index (χ4n) is 3.72. The van der Waals surface area contributed by atoms with Crippen LogP contribution >= 0.6 is 45.8 Å². The van der Waals surface area contributed by atoms with Gasteiger partial charge in [0.2, 0.25) is 0 Å². The second-order valence-corrected chi connectivity index (χ2v) is 12.0. The number of carbonyl (C=O) groups excluding carboxylic acids is 1. The molecule has 2 heterocycles. The number of nitrogens with zero attached hydrogens (tertiary/aromatic N) is 3. The average Bonchev–Trinajstić information content (AvgIpc) is 3.15. The normalized spacial score (nSPS) is 16.0. The van der Waals surface area contributed by atoms with E-state index in [9.17, 15) is 13.2 Å². The Morgan fingerprint density at radius 1 is 1.12 bits per heavy atom. The van der Waals surface area contributed by atoms with Gasteiger partial charge in [0.25, 0.3) is 5.91 Å². The van der Waals surface area contributed by atoms with E-state index in [-0.39, 0.29) is 36.2 Å². The van der Waals surface area contributed by atoms with E-state index in [1.54, 1.807) is 27.9 Å². The molecule has 0 aliphatic carbocycles. The monoisotopic (exact) mass is 618 g/mol. The molecular weight excluding hydrogens is 598 g/mol. The summed E-state index contributed by atoms with van der Waals surface area (Å²) in [6.45, 7) is 2.44. The standard InChI is InChI=1S/C22H21Cl2IN4O3S/c1-2-17-20(22(30)27-28-9-11-33(31,32)12-10-28)26-29(19-8-5-15(23)13-18(19)24)21(17)14-3-6-16(25)7-4-14/h3-8,13H,2,9-12H2,1H3,(H,27,30). The number of aromatic nitrogens is 2. The fraction of sp³-hybridized carbons (Fsp3) is 0.273. The fourth-order valence-corrected chi connectivity index (χ4v) is 5.77. The zero-order valence-electron chi connectivity index (χ0n) is 17.7. The summed E-state index contributed by atoms with van der Waals surface area (Å²) in [5.74, 6) is -0.366. The van der Waals surface area contributed by atoms with E-state index in [1.165, 1.54) is 0 Å². The number of benzene rings is 2. The van der Waals surface area contributed by atoms with Crippen molar-refractivity contribution >= 4 is 61.5 Å². The van der Waals surface area contributed by atoms with Crippen molar-refractivity contribution in [2.45, 2.75) is 13.3 Å². The van der Waals surface area contributed by atoms with Crippen LogP contribution < -0.4 is 5.43 Å². The van der Waals surface area contributed by atoms with Gasteiger partial charge in [0.05, 0.1) is 27.9 Å². The lowest BCUT2D eigenvalue weighted by molar-refractivity contribution is 0.0795. The van der Waals surface area contributed by atoms with Gasteiger partial charge in [0.15, 0.2) is 15.5 Å². The molecule has 33 heavy (non-hydrogen) atoms. The summed E-state index contributed by atoms with van der Waals surface area (Å²) in [4.78, 5) is 13.2. The van der Waals surface area contributed by atoms with E-state index >= 15 is 0 Å². The predicted molar refractivity (Wildman–Crippen MR) is 139 cm³/mol. The number of nitrogens with one attached hydrogen (secondary N) is 1. The Morgan fingerprint density at radius 2 is 1.79 bits per heavy atom. The Bertz CT molecular complexity index is 1300. The van der Waals surface area contributed by atoms with Gasteiger partial charge in [-0.15, -0.1) is 0 Å². The molecule has 174 valence electrons. The summed E-state index contributed by atoms with van der Waals surface area (Å²) in [7, 11) is -3.05. The lowest BCUT2D eigenvalue weighted by atomic mass is 10.0. The Hall–Kier alpha value is -1.66. The van der Waals surface area contributed by atoms with Crippen LogP contribution in [0.15, 0.2) is 42.5 Å². The molecule has 3 aromatic rings. The first kappa shape index (κ1) is 24.5. The molecule has 1 fully saturated rings. The maximum atomic E-state index is 13.2. The second kappa shape index (κ2) is 9.91. The number of hydrogen-bond donors (Lipinski definition) is 1. The average molecular weight is 619 g/mol. The topological polar surface area (TPSA) is 84.3 Å². The van der Waals surface area contributed by atoms with Crippen LogP contribution in [0.1, 0.15) is 23.0 Å². The predicted octanol–water partition coefficient (Wildman–Crippen LogP) is 4.39. The highest BCUT2D eigenvalue weighted by Crippen LogP contribution is 2.33. The van der Waals surface area contributed by atoms with E-state index in [1.807, 2.05) is 31.2 Å². The number of amides is 1. The van der Waals surface area contributed by atoms with E-state index in [0.717, 1.165) is 20.4 Å². The maximum absolute atomic E-state index is 13.2. The molecule has 1 aliphatic heterocycles. The molecule has 1 aliphatic rings. The quantitative estimate of drug-likeness (QED) is 0.429. The molecule has 1 aromatic heterocycles. The summed E-state index contributed by atoms with van der Waals surface area (Å²) in [6, 6.07) is 13.1. The largest absolute Gasteiger partial charge is 0.286 e. The Morgan fingerprint density at radius 3 is 2.39 bits per heavy atom. The molecule has 0 saturated carbocycles. The van der Waals surface area contributed by atoms with E-state index in [0.29, 0.717) is 22.2 Å². The minimum atomic E-state index is -3.05. The molecule has 0 spiro atoms. The van der Waals surface area contributed by atoms with E-state index in [4.69, 9.17) is 23.2 Å². The first-order valence-corrected chi connectivity index (χ1v) is 13.9. The number of hydrazine groups is 1. The Labute approximate surface area is 216 Å². The number of hydrogen-bond acceptors (Lipinski definition) is 5. The highest BCUT2D eigenvalue weighted by Gasteiger charge is 2.28. The molecule has 2 aromatic carbocycles. The third-order valence-corrected chi connectivity index (χ3v) is 8.28. The minimum absolute atomic E-state index is 0.0106. The van der Waals surface area contributed by atoms with E-state index < -0.39 is 9.84 Å². The van der Waals surface area contributed by atoms with Gasteiger partial charge >= 0.3 is 0 Å². The molecule has 1 saturated heterocycles. The van der Waals surface area contributed by atoms with Crippen molar-refractivity contribution in [2.24, 2.45) is 0 Å². The van der Waals surface area contributed by atoms with Crippen LogP contribution in [-0.4, -0.2) is 53.7 Å². The van der Waals surface area contributed by atoms with Crippen LogP contribution in [0.3, 0.4) is 0 Å². The highest BCUT2D eigenvalue weighted by atomic mass is 127. The van der Waals surface area contributed by atoms with Gasteiger partial charge in [0.1, 0.15) is 0 Å². The van der Waals surface area contributed by atoms with Crippen LogP contribution in [0.2, 0.25) is 10.0 Å². The summed E-state index contributed by atoms with van der Waals surface area (Å²) < 4.78 is 26.2. The Kier molecular flexibility index (Phi) is 7.35. The summed E-state index contributed by atoms with van der Waals surface area (Å²) in [6.07, 6.45) is 0.559. The highest BCUT2D eigenvalue weighted by molar-refractivity contribution is 14.1. The third kappa shape index (κ3) is 5.37. The molecule has 1 N–H and O–H groups in total. The summed E-state index contributed by atoms with van der Waals surface area (Å²) in [5, 5.41) is 7.20. The molecule has 0 atom stereocenters. The first-order chi connectivity index (χ1) is 15.7. The van der Waals surface area contributed by atoms with Gasteiger partial charge < -0.3 is 0 Å². The number of carbonyl (C=O) groups is 1. The van der Waals surface area contributed by atoms with Crippen molar-refractivity contribution in [3.05, 3.63) is 67.3 Å². The minimum Gasteiger partial charge on any atom is -0.283 e. The first-order valence-electron chi connectivity index (χ1n) is 10.3. The van der Waals surface area contributed by atoms with Gasteiger partial charge in [-0.05, 0) is 59.3 Å². The SMILES string of the molecule is CCc1c(C(=O)NN2CCS(=O)(=O)CC2)nn(-c2ccc(Cl)cc2Cl)c1-c1ccc(I)cc1. The zero-order valence-corrected chi connectivity index (χ0v) is 22.2. The zero-order chi connectivity index (χ0) is 23.8. The van der Waals surface area contributed by atoms with Gasteiger partial charge in [0, 0.05) is 32.8 Å². The summed E-state index contributed by atoms with van der Waals surface area (Å²) in [5.41, 5.74) is 6.13. The second-order valence-electron chi connectivity index (χ2n) is 7.62. The van der Waals surface area contributed by atoms with Crippen LogP contribution in [0.4, 0.5) is 0 Å². The third-order valence-electron chi connectivity index (χ3n) is 5.41. The van der Waals surface area contributed by atoms with Crippen LogP contribution in [0.5, 0.6) is 0 Å². The van der Waals surface area contributed by atoms with Crippen molar-refractivity contribution in [1.29, 1.82) is 0 Å². The van der Waals surface area contributed by atoms with Crippen molar-refractivity contribution in [1.82, 2.24) is 20.2 Å². The van der Waals surface area contributed by atoms with Gasteiger partial charge in [-0.2, -0.15) is 5.10 Å². The molecule has 11 heteroatoms. The molecule has 0 bridgehead atoms. The lowest BCUT2D eigenvalue weighted by Crippen LogP contribution is -2.50. The van der Waals surface area contributed by atoms with Crippen LogP contribution in [-0.2, 0) is 16.3 Å². The number of rotatable bonds is 5. The van der Waals surface area contributed by atoms with Crippen LogP contribution in [0, 0.1) is 3.57 Å². The number of sulfone groups is 1. The molecule has 0 unspecified atom stereocenters. The lowest BCUT2D eigenvalue weighted by Gasteiger charge is -2.26. The van der Waals surface area contributed by atoms with Gasteiger partial charge in [-0.25, -0.2) is 18.1 Å². The number of halogens is 3. The molecule has 7 nitrogen and oxygen atoms in total. The maximum Gasteiger partial charge on any atom is 0.286 e.